The molecule has 0 aliphatic carbocycles. The van der Waals surface area contributed by atoms with Gasteiger partial charge in [0.1, 0.15) is 0 Å². The molecule has 0 bridgehead atoms. The van der Waals surface area contributed by atoms with E-state index in [9.17, 15) is 50.5 Å². The fourth-order valence-electron chi connectivity index (χ4n) is 12.0. The second-order valence-electron chi connectivity index (χ2n) is 26.2. The Labute approximate surface area is 778 Å². The Morgan fingerprint density at radius 2 is 0.605 bits per heavy atom. The largest absolute Gasteiger partial charge is 0.303 e. The first-order chi connectivity index (χ1) is 78.9. The first-order valence-electron chi connectivity index (χ1n) is 67.5. The molecule has 636 valence electrons. The molecule has 12 rings (SSSR count). The van der Waals surface area contributed by atoms with Gasteiger partial charge >= 0.3 is 0 Å². The Morgan fingerprint density at radius 1 is 0.351 bits per heavy atom. The van der Waals surface area contributed by atoms with Crippen molar-refractivity contribution in [2.45, 2.75) is 222 Å². The molecule has 6 saturated heterocycles. The Morgan fingerprint density at radius 3 is 0.895 bits per heavy atom. The first kappa shape index (κ1) is 40.0. The van der Waals surface area contributed by atoms with Crippen molar-refractivity contribution in [2.24, 2.45) is 0 Å². The van der Waals surface area contributed by atoms with Crippen molar-refractivity contribution < 1.29 is 137 Å². The van der Waals surface area contributed by atoms with Gasteiger partial charge in [-0.3, -0.25) is 0 Å². The van der Waals surface area contributed by atoms with Gasteiger partial charge in [0.2, 0.25) is 0 Å². The van der Waals surface area contributed by atoms with E-state index >= 15 is 0 Å². The molecule has 6 aliphatic heterocycles. The highest BCUT2D eigenvalue weighted by Gasteiger charge is 2.29. The standard InChI is InChI=1S/6C15H23NO2S/c6*1-3-9-16-10-5-7-14(12-16)13-6-4-8-15(11-13)19(2,17)18/h6*4,6,8,11,14H,3,5,7,9-10,12H2,1-2H3/t6*14-/m111111/s1/i2D3,3D2,4D,5D2,6D,7D2,8D,9D2,10D2,11D,12D2,14D;2D3,4D,5D2,6D,7D2,8D,9D2,10D2,11D,12D2,14D;3D2,4D,6D,8D,9D2,11D;4D,6D,8D,9D2,11D;2D3,4D,6D,8D,11D;4D,6D,8D,11D. The number of sulfone groups is 6. The van der Waals surface area contributed by atoms with Gasteiger partial charge in [-0.1, -0.05) is 114 Å². The predicted molar refractivity (Wildman–Crippen MR) is 470 cm³/mol. The van der Waals surface area contributed by atoms with Gasteiger partial charge < -0.3 is 29.4 Å². The molecule has 6 aromatic rings. The number of rotatable bonds is 24. The van der Waals surface area contributed by atoms with Crippen LogP contribution in [-0.2, 0) is 59.0 Å². The topological polar surface area (TPSA) is 224 Å². The average molecular weight is 1750 g/mol. The molecular formula is C90H138N6O12S6. The monoisotopic (exact) mass is 1750 g/mol. The molecule has 18 nitrogen and oxygen atoms in total. The number of nitrogens with zero attached hydrogens (tertiary/aromatic N) is 6. The SMILES string of the molecule is [2H]c1c([2H])c([C@@H]2CCCN(C([2H])([2H])C([2H])([2H])C)C2)c([2H])c(S(C)(=O)=O)c1[2H].[2H]c1c([2H])c([C@@H]2CCCN(C([2H])([2H])CC)C2)c([2H])c(S(C)(=O)=O)c1[2H].[2H]c1c([2H])c([C@@H]2CCCN(CCC)C2)c([2H])c(S(=O)(=O)C([2H])([2H])[2H])c1[2H].[2H]c1c([2H])c([C@@H]2CCCN(CCC)C2)c([2H])c(S(C)(=O)=O)c1[2H].[2H]c1c([2H])c([C@@]2([2H])C([2H])([2H])N(C([2H])([2H])C([2H])([2H])C)C([2H])([2H])C([2H])([2H])C2([2H])[2H])c([2H])c(S(=O)(=O)C([2H])([2H])[2H])c1[2H].[2H]c1c([2H])c([C@@]2([2H])C([2H])([2H])N(C([2H])([2H])CC)C([2H])([2H])C([2H])([2H])C2([2H])[2H])c([2H])c(S(=O)(=O)C([2H])([2H])[2H])c1[2H]. The van der Waals surface area contributed by atoms with Gasteiger partial charge in [-0.2, -0.15) is 0 Å². The highest BCUT2D eigenvalue weighted by atomic mass is 32.2. The molecule has 114 heavy (non-hydrogen) atoms. The van der Waals surface area contributed by atoms with Gasteiger partial charge in [0.15, 0.2) is 59.0 Å². The van der Waals surface area contributed by atoms with Crippen LogP contribution in [0.2, 0.25) is 0 Å². The normalized spacial score (nSPS) is 35.4. The maximum atomic E-state index is 12.8. The Kier molecular flexibility index (Phi) is 16.3. The third kappa shape index (κ3) is 32.1. The number of hydrogen-bond acceptors (Lipinski definition) is 18. The highest BCUT2D eigenvalue weighted by molar-refractivity contribution is 7.92. The second kappa shape index (κ2) is 46.4. The lowest BCUT2D eigenvalue weighted by Crippen LogP contribution is -2.34. The van der Waals surface area contributed by atoms with Crippen LogP contribution in [-0.4, -0.2) is 235 Å². The lowest BCUT2D eigenvalue weighted by molar-refractivity contribution is 0.208. The fraction of sp³-hybridized carbons (Fsp3) is 0.600. The van der Waals surface area contributed by atoms with Gasteiger partial charge in [0, 0.05) is 130 Å². The van der Waals surface area contributed by atoms with Crippen molar-refractivity contribution in [2.75, 3.05) is 155 Å². The van der Waals surface area contributed by atoms with Crippen molar-refractivity contribution >= 4 is 59.0 Å². The van der Waals surface area contributed by atoms with E-state index < -0.39 is 369 Å². The van der Waals surface area contributed by atoms with E-state index in [1.54, 1.807) is 11.8 Å². The van der Waals surface area contributed by atoms with E-state index in [4.69, 9.17) is 86.4 Å². The maximum absolute atomic E-state index is 12.8. The minimum atomic E-state index is -5.78. The third-order valence-corrected chi connectivity index (χ3v) is 22.1. The van der Waals surface area contributed by atoms with Crippen LogP contribution in [0, 0.1) is 0 Å². The van der Waals surface area contributed by atoms with E-state index in [0.717, 1.165) is 90.9 Å². The molecule has 0 unspecified atom stereocenters. The summed E-state index contributed by atoms with van der Waals surface area (Å²) in [5.41, 5.74) is -2.94. The van der Waals surface area contributed by atoms with E-state index in [2.05, 4.69) is 16.7 Å². The van der Waals surface area contributed by atoms with Crippen LogP contribution in [0.15, 0.2) is 174 Å². The molecule has 0 saturated carbocycles. The van der Waals surface area contributed by atoms with Crippen LogP contribution < -0.4 is 0 Å². The van der Waals surface area contributed by atoms with Crippen LogP contribution in [0.3, 0.4) is 0 Å². The van der Waals surface area contributed by atoms with Crippen LogP contribution in [0.4, 0.5) is 0 Å². The zero-order chi connectivity index (χ0) is 139. The fourth-order valence-corrected chi connectivity index (χ4v) is 14.9. The summed E-state index contributed by atoms with van der Waals surface area (Å²) in [7, 11) is -28.0. The molecule has 0 N–H and O–H groups in total. The maximum Gasteiger partial charge on any atom is 0.175 e. The van der Waals surface area contributed by atoms with Crippen molar-refractivity contribution in [3.05, 3.63) is 178 Å². The van der Waals surface area contributed by atoms with Crippen molar-refractivity contribution in [3.63, 3.8) is 0 Å². The molecular weight excluding hydrogens is 1550 g/mol. The molecule has 6 aromatic carbocycles. The summed E-state index contributed by atoms with van der Waals surface area (Å²) in [5, 5.41) is 0. The lowest BCUT2D eigenvalue weighted by atomic mass is 9.90. The number of hydrogen-bond donors (Lipinski definition) is 0. The zero-order valence-electron chi connectivity index (χ0n) is 127. The Hall–Kier alpha value is -5.22. The summed E-state index contributed by atoms with van der Waals surface area (Å²) >= 11 is 0. The highest BCUT2D eigenvalue weighted by Crippen LogP contribution is 2.35. The van der Waals surface area contributed by atoms with Gasteiger partial charge in [-0.05, 0) is 335 Å². The quantitative estimate of drug-likeness (QED) is 0.0549. The average Bonchev–Trinajstić information content (AvgIpc) is 0.654. The Balaban J connectivity index is 0.000000287. The predicted octanol–water partition coefficient (Wildman–Crippen LogP) is 16.1. The molecule has 0 aromatic heterocycles. The minimum Gasteiger partial charge on any atom is -0.303 e. The van der Waals surface area contributed by atoms with Gasteiger partial charge in [-0.25, -0.2) is 50.5 Å². The second-order valence-corrected chi connectivity index (χ2v) is 36.3. The smallest absolute Gasteiger partial charge is 0.175 e. The summed E-state index contributed by atoms with van der Waals surface area (Å²) in [6.45, 7) is -12.5. The molecule has 6 fully saturated rings. The number of piperidine rings is 6. The van der Waals surface area contributed by atoms with Crippen molar-refractivity contribution in [1.29, 1.82) is 0 Å². The summed E-state index contributed by atoms with van der Waals surface area (Å²) in [4.78, 5) is 0.121. The molecule has 24 heteroatoms. The molecule has 0 spiro atoms. The molecule has 0 amide bonds. The third-order valence-electron chi connectivity index (χ3n) is 17.0. The number of benzene rings is 6. The first-order valence-corrected chi connectivity index (χ1v) is 46.1. The van der Waals surface area contributed by atoms with Gasteiger partial charge in [0.05, 0.1) is 62.3 Å². The van der Waals surface area contributed by atoms with Crippen molar-refractivity contribution in [1.82, 2.24) is 29.4 Å². The minimum absolute atomic E-state index is 0.00189. The summed E-state index contributed by atoms with van der Waals surface area (Å²) < 4.78 is 654. The molecule has 6 heterocycles. The van der Waals surface area contributed by atoms with Gasteiger partial charge in [-0.15, -0.1) is 0 Å². The molecule has 0 radical (unpaired) electrons. The van der Waals surface area contributed by atoms with Crippen LogP contribution in [0.5, 0.6) is 0 Å². The van der Waals surface area contributed by atoms with E-state index in [1.807, 2.05) is 6.92 Å². The van der Waals surface area contributed by atoms with E-state index in [1.165, 1.54) is 4.90 Å². The zero-order valence-corrected chi connectivity index (χ0v) is 69.3. The van der Waals surface area contributed by atoms with E-state index in [0.29, 0.717) is 77.2 Å². The summed E-state index contributed by atoms with van der Waals surface area (Å²) in [5.74, 6) is -9.77. The van der Waals surface area contributed by atoms with Crippen LogP contribution >= 0.6 is 0 Å². The lowest BCUT2D eigenvalue weighted by Gasteiger charge is -2.32. The van der Waals surface area contributed by atoms with E-state index in [-0.39, 0.29) is 65.8 Å². The summed E-state index contributed by atoms with van der Waals surface area (Å²) in [6.07, 6.45) is -23.8. The summed E-state index contributed by atoms with van der Waals surface area (Å²) in [6, 6.07) is -20.5. The number of likely N-dealkylation sites (tertiary alicyclic amines) is 6. The molecule has 6 aliphatic rings. The van der Waals surface area contributed by atoms with Crippen LogP contribution in [0.1, 0.15) is 312 Å². The van der Waals surface area contributed by atoms with Crippen LogP contribution in [0.25, 0.3) is 0 Å². The van der Waals surface area contributed by atoms with Crippen molar-refractivity contribution in [3.8, 4) is 0 Å². The Bertz CT molecular complexity index is 8000. The molecule has 6 atom stereocenters. The van der Waals surface area contributed by atoms with Gasteiger partial charge in [0.25, 0.3) is 0 Å².